The van der Waals surface area contributed by atoms with Gasteiger partial charge in [-0.1, -0.05) is 18.2 Å². The number of para-hydroxylation sites is 1. The number of nitrogen functional groups attached to an aromatic ring is 1. The fourth-order valence-electron chi connectivity index (χ4n) is 3.50. The van der Waals surface area contributed by atoms with Crippen LogP contribution in [-0.2, 0) is 11.3 Å². The number of pyridine rings is 1. The Morgan fingerprint density at radius 2 is 1.94 bits per heavy atom. The molecule has 10 nitrogen and oxygen atoms in total. The molecule has 2 aromatic heterocycles. The van der Waals surface area contributed by atoms with Crippen molar-refractivity contribution in [3.63, 3.8) is 0 Å². The smallest absolute Gasteiger partial charge is 0.273 e. The molecule has 5 N–H and O–H groups in total. The number of carbonyl (C=O) groups excluding carboxylic acids is 2. The zero-order chi connectivity index (χ0) is 23.8. The molecule has 0 aliphatic carbocycles. The number of benzene rings is 1. The van der Waals surface area contributed by atoms with Gasteiger partial charge in [0.05, 0.1) is 12.1 Å². The van der Waals surface area contributed by atoms with Crippen LogP contribution < -0.4 is 26.6 Å². The van der Waals surface area contributed by atoms with Gasteiger partial charge in [0.2, 0.25) is 5.91 Å². The second kappa shape index (κ2) is 11.2. The Labute approximate surface area is 193 Å². The lowest BCUT2D eigenvalue weighted by Gasteiger charge is -2.23. The maximum atomic E-state index is 12.6. The van der Waals surface area contributed by atoms with Crippen LogP contribution in [0.2, 0.25) is 0 Å². The molecular weight excluding hydrogens is 420 g/mol. The first-order valence-corrected chi connectivity index (χ1v) is 10.8. The van der Waals surface area contributed by atoms with Crippen LogP contribution in [0.25, 0.3) is 10.9 Å². The average Bonchev–Trinajstić information content (AvgIpc) is 2.80. The number of rotatable bonds is 10. The number of aryl methyl sites for hydroxylation is 1. The lowest BCUT2D eigenvalue weighted by Crippen LogP contribution is -2.34. The van der Waals surface area contributed by atoms with Crippen LogP contribution in [0.4, 0.5) is 11.6 Å². The minimum Gasteiger partial charge on any atom is -0.382 e. The number of nitrogens with two attached hydrogens (primary N) is 1. The second-order valence-corrected chi connectivity index (χ2v) is 7.75. The molecule has 0 aliphatic heterocycles. The zero-order valence-electron chi connectivity index (χ0n) is 19.2. The predicted octanol–water partition coefficient (Wildman–Crippen LogP) is 1.01. The van der Waals surface area contributed by atoms with Crippen molar-refractivity contribution in [2.75, 3.05) is 44.4 Å². The van der Waals surface area contributed by atoms with E-state index in [1.807, 2.05) is 43.1 Å². The second-order valence-electron chi connectivity index (χ2n) is 7.75. The quantitative estimate of drug-likeness (QED) is 0.336. The van der Waals surface area contributed by atoms with Crippen molar-refractivity contribution in [2.24, 2.45) is 0 Å². The summed E-state index contributed by atoms with van der Waals surface area (Å²) in [7, 11) is 3.69. The number of nitrogens with zero attached hydrogens (tertiary/aromatic N) is 4. The van der Waals surface area contributed by atoms with Crippen LogP contribution in [0.15, 0.2) is 36.7 Å². The summed E-state index contributed by atoms with van der Waals surface area (Å²) in [4.78, 5) is 39.1. The summed E-state index contributed by atoms with van der Waals surface area (Å²) >= 11 is 0. The van der Waals surface area contributed by atoms with Crippen molar-refractivity contribution < 1.29 is 9.59 Å². The molecule has 2 heterocycles. The highest BCUT2D eigenvalue weighted by Gasteiger charge is 2.16. The molecule has 3 rings (SSSR count). The third kappa shape index (κ3) is 6.13. The third-order valence-corrected chi connectivity index (χ3v) is 5.18. The number of hydrogen-bond donors (Lipinski definition) is 4. The molecule has 3 aromatic rings. The van der Waals surface area contributed by atoms with Crippen LogP contribution >= 0.6 is 0 Å². The highest BCUT2D eigenvalue weighted by atomic mass is 16.2. The van der Waals surface area contributed by atoms with E-state index < -0.39 is 5.91 Å². The number of anilines is 2. The molecule has 33 heavy (non-hydrogen) atoms. The fraction of sp³-hybridized carbons (Fsp3) is 0.348. The van der Waals surface area contributed by atoms with Gasteiger partial charge in [0.1, 0.15) is 5.82 Å². The summed E-state index contributed by atoms with van der Waals surface area (Å²) in [5, 5.41) is 9.58. The molecule has 0 radical (unpaired) electrons. The van der Waals surface area contributed by atoms with Crippen molar-refractivity contribution in [2.45, 2.75) is 19.9 Å². The van der Waals surface area contributed by atoms with E-state index >= 15 is 0 Å². The van der Waals surface area contributed by atoms with Gasteiger partial charge in [-0.2, -0.15) is 0 Å². The minimum atomic E-state index is -0.397. The van der Waals surface area contributed by atoms with Crippen molar-refractivity contribution in [3.05, 3.63) is 53.5 Å². The maximum Gasteiger partial charge on any atom is 0.273 e. The number of carbonyl (C=O) groups is 2. The molecule has 174 valence electrons. The monoisotopic (exact) mass is 450 g/mol. The van der Waals surface area contributed by atoms with E-state index in [2.05, 4.69) is 25.9 Å². The van der Waals surface area contributed by atoms with E-state index in [4.69, 9.17) is 10.7 Å². The average molecular weight is 451 g/mol. The van der Waals surface area contributed by atoms with Gasteiger partial charge in [0.15, 0.2) is 11.5 Å². The van der Waals surface area contributed by atoms with E-state index in [0.29, 0.717) is 19.6 Å². The molecule has 0 fully saturated rings. The van der Waals surface area contributed by atoms with Gasteiger partial charge < -0.3 is 26.6 Å². The SMILES string of the molecule is CNCC(=O)NCCCN(C)c1nc2c(C)cccc2cc1CNC(=O)c1nccnc1N. The molecule has 0 aliphatic rings. The highest BCUT2D eigenvalue weighted by molar-refractivity contribution is 5.96. The Morgan fingerprint density at radius 1 is 1.15 bits per heavy atom. The first-order valence-electron chi connectivity index (χ1n) is 10.8. The maximum absolute atomic E-state index is 12.6. The predicted molar refractivity (Wildman–Crippen MR) is 129 cm³/mol. The summed E-state index contributed by atoms with van der Waals surface area (Å²) in [5.74, 6) is 0.419. The van der Waals surface area contributed by atoms with Crippen molar-refractivity contribution in [1.82, 2.24) is 30.9 Å². The fourth-order valence-corrected chi connectivity index (χ4v) is 3.50. The first kappa shape index (κ1) is 23.9. The molecule has 10 heteroatoms. The van der Waals surface area contributed by atoms with Crippen LogP contribution in [-0.4, -0.2) is 60.5 Å². The van der Waals surface area contributed by atoms with Gasteiger partial charge in [0.25, 0.3) is 5.91 Å². The standard InChI is InChI=1S/C23H30N8O2/c1-15-6-4-7-16-12-17(13-29-23(33)20-21(24)28-10-9-27-20)22(30-19(15)16)31(3)11-5-8-26-18(32)14-25-2/h4,6-7,9-10,12,25H,5,8,11,13-14H2,1-3H3,(H2,24,28)(H,26,32)(H,29,33). The summed E-state index contributed by atoms with van der Waals surface area (Å²) < 4.78 is 0. The number of aromatic nitrogens is 3. The number of hydrogen-bond acceptors (Lipinski definition) is 8. The van der Waals surface area contributed by atoms with Gasteiger partial charge in [0, 0.05) is 50.0 Å². The van der Waals surface area contributed by atoms with E-state index in [0.717, 1.165) is 34.3 Å². The topological polar surface area (TPSA) is 138 Å². The lowest BCUT2D eigenvalue weighted by atomic mass is 10.1. The molecule has 0 saturated heterocycles. The zero-order valence-corrected chi connectivity index (χ0v) is 19.2. The van der Waals surface area contributed by atoms with Gasteiger partial charge in [-0.3, -0.25) is 9.59 Å². The number of amides is 2. The molecule has 1 aromatic carbocycles. The van der Waals surface area contributed by atoms with Crippen LogP contribution in [0, 0.1) is 6.92 Å². The Bertz CT molecular complexity index is 1130. The Kier molecular flexibility index (Phi) is 8.09. The summed E-state index contributed by atoms with van der Waals surface area (Å²) in [5.41, 5.74) is 8.72. The highest BCUT2D eigenvalue weighted by Crippen LogP contribution is 2.25. The van der Waals surface area contributed by atoms with E-state index in [1.54, 1.807) is 7.05 Å². The third-order valence-electron chi connectivity index (χ3n) is 5.18. The largest absolute Gasteiger partial charge is 0.382 e. The molecule has 0 spiro atoms. The summed E-state index contributed by atoms with van der Waals surface area (Å²) in [6, 6.07) is 8.05. The number of nitrogens with one attached hydrogen (secondary N) is 3. The first-order chi connectivity index (χ1) is 15.9. The minimum absolute atomic E-state index is 0.0358. The number of likely N-dealkylation sites (N-methyl/N-ethyl adjacent to an activating group) is 1. The van der Waals surface area contributed by atoms with Gasteiger partial charge in [-0.05, 0) is 32.0 Å². The molecule has 0 bridgehead atoms. The molecule has 0 unspecified atom stereocenters. The van der Waals surface area contributed by atoms with Gasteiger partial charge >= 0.3 is 0 Å². The van der Waals surface area contributed by atoms with Crippen LogP contribution in [0.1, 0.15) is 28.0 Å². The van der Waals surface area contributed by atoms with E-state index in [9.17, 15) is 9.59 Å². The molecular formula is C23H30N8O2. The molecule has 0 saturated carbocycles. The van der Waals surface area contributed by atoms with Crippen molar-refractivity contribution >= 4 is 34.4 Å². The Morgan fingerprint density at radius 3 is 2.70 bits per heavy atom. The van der Waals surface area contributed by atoms with Crippen LogP contribution in [0.5, 0.6) is 0 Å². The summed E-state index contributed by atoms with van der Waals surface area (Å²) in [6.45, 7) is 3.82. The van der Waals surface area contributed by atoms with E-state index in [-0.39, 0.29) is 24.0 Å². The molecule has 0 atom stereocenters. The molecule has 2 amide bonds. The van der Waals surface area contributed by atoms with E-state index in [1.165, 1.54) is 12.4 Å². The summed E-state index contributed by atoms with van der Waals surface area (Å²) in [6.07, 6.45) is 3.62. The number of fused-ring (bicyclic) bond motifs is 1. The Balaban J connectivity index is 1.77. The van der Waals surface area contributed by atoms with Gasteiger partial charge in [-0.25, -0.2) is 15.0 Å². The van der Waals surface area contributed by atoms with Crippen LogP contribution in [0.3, 0.4) is 0 Å². The lowest BCUT2D eigenvalue weighted by molar-refractivity contribution is -0.120. The van der Waals surface area contributed by atoms with Crippen molar-refractivity contribution in [1.29, 1.82) is 0 Å². The van der Waals surface area contributed by atoms with Gasteiger partial charge in [-0.15, -0.1) is 0 Å². The Hall–Kier alpha value is -3.79. The normalized spacial score (nSPS) is 10.8. The van der Waals surface area contributed by atoms with Crippen molar-refractivity contribution in [3.8, 4) is 0 Å².